The van der Waals surface area contributed by atoms with Crippen molar-refractivity contribution in [1.82, 2.24) is 0 Å². The Balaban J connectivity index is 1.78. The molecule has 0 aliphatic carbocycles. The average molecular weight is 346 g/mol. The Morgan fingerprint density at radius 2 is 1.36 bits per heavy atom. The van der Waals surface area contributed by atoms with Crippen molar-refractivity contribution in [3.8, 4) is 5.75 Å². The van der Waals surface area contributed by atoms with Gasteiger partial charge >= 0.3 is 0 Å². The van der Waals surface area contributed by atoms with Crippen molar-refractivity contribution in [2.45, 2.75) is 23.3 Å². The summed E-state index contributed by atoms with van der Waals surface area (Å²) in [6, 6.07) is 28.3. The smallest absolute Gasteiger partial charge is 0.118 e. The van der Waals surface area contributed by atoms with Crippen LogP contribution in [0.1, 0.15) is 40.3 Å². The van der Waals surface area contributed by atoms with E-state index in [9.17, 15) is 0 Å². The molecule has 0 radical (unpaired) electrons. The second-order valence-corrected chi connectivity index (χ2v) is 8.00. The fourth-order valence-corrected chi connectivity index (χ4v) is 5.37. The first-order valence-corrected chi connectivity index (χ1v) is 9.65. The van der Waals surface area contributed by atoms with Gasteiger partial charge in [0.2, 0.25) is 0 Å². The van der Waals surface area contributed by atoms with Gasteiger partial charge in [0, 0.05) is 11.2 Å². The van der Waals surface area contributed by atoms with Crippen molar-refractivity contribution in [2.75, 3.05) is 7.11 Å². The van der Waals surface area contributed by atoms with E-state index in [0.717, 1.165) is 5.75 Å². The Morgan fingerprint density at radius 3 is 2.04 bits per heavy atom. The molecule has 0 bridgehead atoms. The van der Waals surface area contributed by atoms with Gasteiger partial charge in [0.05, 0.1) is 12.4 Å². The number of ether oxygens (including phenoxy) is 1. The fourth-order valence-electron chi connectivity index (χ4n) is 3.80. The van der Waals surface area contributed by atoms with Gasteiger partial charge in [0.1, 0.15) is 5.75 Å². The number of thioether (sulfide) groups is 1. The third-order valence-electron chi connectivity index (χ3n) is 5.01. The highest BCUT2D eigenvalue weighted by atomic mass is 32.2. The Bertz CT molecular complexity index is 841. The molecule has 1 heterocycles. The molecule has 0 aromatic heterocycles. The lowest BCUT2D eigenvalue weighted by molar-refractivity contribution is 0.414. The minimum Gasteiger partial charge on any atom is -0.497 e. The molecule has 1 aliphatic rings. The summed E-state index contributed by atoms with van der Waals surface area (Å²) in [7, 11) is 1.72. The van der Waals surface area contributed by atoms with Gasteiger partial charge in [-0.15, -0.1) is 11.8 Å². The van der Waals surface area contributed by atoms with Gasteiger partial charge in [-0.25, -0.2) is 0 Å². The molecule has 1 nitrogen and oxygen atoms in total. The largest absolute Gasteiger partial charge is 0.497 e. The van der Waals surface area contributed by atoms with E-state index >= 15 is 0 Å². The second kappa shape index (κ2) is 6.97. The Labute approximate surface area is 154 Å². The summed E-state index contributed by atoms with van der Waals surface area (Å²) in [5.74, 6) is 1.32. The molecule has 126 valence electrons. The molecule has 3 aromatic carbocycles. The van der Waals surface area contributed by atoms with Crippen LogP contribution in [-0.4, -0.2) is 12.4 Å². The van der Waals surface area contributed by atoms with Crippen LogP contribution in [0.15, 0.2) is 78.9 Å². The summed E-state index contributed by atoms with van der Waals surface area (Å²) in [4.78, 5) is 0. The summed E-state index contributed by atoms with van der Waals surface area (Å²) in [5, 5.41) is 0.912. The zero-order valence-corrected chi connectivity index (χ0v) is 15.4. The number of hydrogen-bond donors (Lipinski definition) is 0. The predicted molar refractivity (Wildman–Crippen MR) is 107 cm³/mol. The van der Waals surface area contributed by atoms with Crippen molar-refractivity contribution in [2.24, 2.45) is 0 Å². The second-order valence-electron chi connectivity index (χ2n) is 6.51. The highest BCUT2D eigenvalue weighted by Crippen LogP contribution is 2.51. The van der Waals surface area contributed by atoms with Crippen LogP contribution in [0.25, 0.3) is 0 Å². The number of rotatable bonds is 3. The van der Waals surface area contributed by atoms with Crippen molar-refractivity contribution < 1.29 is 4.74 Å². The zero-order chi connectivity index (χ0) is 17.2. The fraction of sp³-hybridized carbons (Fsp3) is 0.217. The topological polar surface area (TPSA) is 9.23 Å². The van der Waals surface area contributed by atoms with Crippen molar-refractivity contribution >= 4 is 11.8 Å². The molecular formula is C23H22OS. The standard InChI is InChI=1S/C23H22OS/c1-16-22(17-12-14-19(24-2)15-13-17)20-10-6-7-11-21(20)23(25-16)18-8-4-3-5-9-18/h3-16,22-23H,1-2H3/t16-,22+,23-/m1/s1. The molecule has 3 aromatic rings. The third kappa shape index (κ3) is 3.07. The van der Waals surface area contributed by atoms with Gasteiger partial charge < -0.3 is 4.74 Å². The number of fused-ring (bicyclic) bond motifs is 1. The van der Waals surface area contributed by atoms with Gasteiger partial charge in [-0.3, -0.25) is 0 Å². The normalized spacial score (nSPS) is 22.2. The van der Waals surface area contributed by atoms with E-state index in [2.05, 4.69) is 97.5 Å². The summed E-state index contributed by atoms with van der Waals surface area (Å²) in [5.41, 5.74) is 5.64. The van der Waals surface area contributed by atoms with Crippen LogP contribution in [0, 0.1) is 0 Å². The third-order valence-corrected chi connectivity index (χ3v) is 6.51. The number of benzene rings is 3. The van der Waals surface area contributed by atoms with Crippen LogP contribution < -0.4 is 4.74 Å². The molecule has 4 rings (SSSR count). The van der Waals surface area contributed by atoms with E-state index in [-0.39, 0.29) is 0 Å². The highest BCUT2D eigenvalue weighted by Gasteiger charge is 2.34. The molecule has 2 heteroatoms. The van der Waals surface area contributed by atoms with Crippen LogP contribution in [-0.2, 0) is 0 Å². The van der Waals surface area contributed by atoms with E-state index < -0.39 is 0 Å². The maximum absolute atomic E-state index is 5.32. The van der Waals surface area contributed by atoms with Gasteiger partial charge in [-0.05, 0) is 34.4 Å². The molecule has 0 N–H and O–H groups in total. The Kier molecular flexibility index (Phi) is 4.54. The molecule has 0 saturated heterocycles. The maximum Gasteiger partial charge on any atom is 0.118 e. The van der Waals surface area contributed by atoms with E-state index in [0.29, 0.717) is 16.4 Å². The van der Waals surface area contributed by atoms with Crippen LogP contribution in [0.5, 0.6) is 5.75 Å². The molecule has 0 spiro atoms. The first-order chi connectivity index (χ1) is 12.3. The lowest BCUT2D eigenvalue weighted by Crippen LogP contribution is -2.23. The molecule has 1 aliphatic heterocycles. The lowest BCUT2D eigenvalue weighted by Gasteiger charge is -2.36. The van der Waals surface area contributed by atoms with E-state index in [4.69, 9.17) is 4.74 Å². The molecule has 0 fully saturated rings. The summed E-state index contributed by atoms with van der Waals surface area (Å²) in [6.07, 6.45) is 0. The van der Waals surface area contributed by atoms with E-state index in [1.807, 2.05) is 0 Å². The maximum atomic E-state index is 5.32. The summed E-state index contributed by atoms with van der Waals surface area (Å²) in [6.45, 7) is 2.35. The van der Waals surface area contributed by atoms with Crippen molar-refractivity contribution in [3.63, 3.8) is 0 Å². The molecule has 0 saturated carbocycles. The van der Waals surface area contributed by atoms with Gasteiger partial charge in [-0.2, -0.15) is 0 Å². The number of methoxy groups -OCH3 is 1. The van der Waals surface area contributed by atoms with E-state index in [1.54, 1.807) is 7.11 Å². The number of hydrogen-bond acceptors (Lipinski definition) is 2. The Hall–Kier alpha value is -2.19. The zero-order valence-electron chi connectivity index (χ0n) is 14.6. The van der Waals surface area contributed by atoms with Gasteiger partial charge in [-0.1, -0.05) is 73.7 Å². The molecule has 0 amide bonds. The first-order valence-electron chi connectivity index (χ1n) is 8.71. The van der Waals surface area contributed by atoms with Crippen LogP contribution in [0.3, 0.4) is 0 Å². The monoisotopic (exact) mass is 346 g/mol. The molecular weight excluding hydrogens is 324 g/mol. The van der Waals surface area contributed by atoms with Crippen molar-refractivity contribution in [1.29, 1.82) is 0 Å². The van der Waals surface area contributed by atoms with Gasteiger partial charge in [0.15, 0.2) is 0 Å². The Morgan fingerprint density at radius 1 is 0.720 bits per heavy atom. The van der Waals surface area contributed by atoms with Gasteiger partial charge in [0.25, 0.3) is 0 Å². The van der Waals surface area contributed by atoms with Crippen LogP contribution in [0.4, 0.5) is 0 Å². The minimum absolute atomic E-state index is 0.405. The summed E-state index contributed by atoms with van der Waals surface area (Å²) < 4.78 is 5.32. The molecule has 0 unspecified atom stereocenters. The SMILES string of the molecule is COc1ccc([C@H]2c3ccccc3[C@@H](c3ccccc3)S[C@@H]2C)cc1. The quantitative estimate of drug-likeness (QED) is 0.571. The predicted octanol–water partition coefficient (Wildman–Crippen LogP) is 6.05. The minimum atomic E-state index is 0.405. The van der Waals surface area contributed by atoms with Crippen LogP contribution >= 0.6 is 11.8 Å². The summed E-state index contributed by atoms with van der Waals surface area (Å²) >= 11 is 2.06. The average Bonchev–Trinajstić information content (AvgIpc) is 2.68. The van der Waals surface area contributed by atoms with Crippen molar-refractivity contribution in [3.05, 3.63) is 101 Å². The van der Waals surface area contributed by atoms with E-state index in [1.165, 1.54) is 22.3 Å². The first kappa shape index (κ1) is 16.3. The highest BCUT2D eigenvalue weighted by molar-refractivity contribution is 8.00. The lowest BCUT2D eigenvalue weighted by atomic mass is 9.83. The molecule has 25 heavy (non-hydrogen) atoms. The molecule has 3 atom stereocenters. The van der Waals surface area contributed by atoms with Crippen LogP contribution in [0.2, 0.25) is 0 Å².